The molecular weight excluding hydrogens is 338 g/mol. The number of pyridine rings is 1. The summed E-state index contributed by atoms with van der Waals surface area (Å²) in [7, 11) is 0. The molecule has 0 N–H and O–H groups in total. The van der Waals surface area contributed by atoms with Gasteiger partial charge >= 0.3 is 0 Å². The van der Waals surface area contributed by atoms with Crippen molar-refractivity contribution in [2.75, 3.05) is 0 Å². The van der Waals surface area contributed by atoms with E-state index in [0.717, 1.165) is 21.4 Å². The quantitative estimate of drug-likeness (QED) is 0.720. The van der Waals surface area contributed by atoms with Crippen molar-refractivity contribution in [1.29, 1.82) is 0 Å². The molecule has 1 aliphatic carbocycles. The van der Waals surface area contributed by atoms with Crippen LogP contribution in [-0.2, 0) is 0 Å². The summed E-state index contributed by atoms with van der Waals surface area (Å²) in [5.41, 5.74) is 2.94. The lowest BCUT2D eigenvalue weighted by molar-refractivity contribution is 0.690. The van der Waals surface area contributed by atoms with Crippen molar-refractivity contribution in [3.63, 3.8) is 0 Å². The average Bonchev–Trinajstić information content (AvgIpc) is 2.95. The van der Waals surface area contributed by atoms with Crippen LogP contribution in [0.15, 0.2) is 22.8 Å². The number of rotatable bonds is 2. The van der Waals surface area contributed by atoms with Gasteiger partial charge in [0.2, 0.25) is 0 Å². The van der Waals surface area contributed by atoms with Crippen LogP contribution in [0.25, 0.3) is 11.5 Å². The SMILES string of the molecule is Cc1ccnc(-c2nc(Cl)c(Br)c(C3CCCC3)n2)c1. The monoisotopic (exact) mass is 351 g/mol. The van der Waals surface area contributed by atoms with E-state index in [0.29, 0.717) is 16.9 Å². The van der Waals surface area contributed by atoms with Crippen molar-refractivity contribution in [2.24, 2.45) is 0 Å². The molecule has 0 radical (unpaired) electrons. The lowest BCUT2D eigenvalue weighted by atomic mass is 10.0. The summed E-state index contributed by atoms with van der Waals surface area (Å²) in [6, 6.07) is 3.94. The number of hydrogen-bond acceptors (Lipinski definition) is 3. The van der Waals surface area contributed by atoms with Crippen molar-refractivity contribution in [1.82, 2.24) is 15.0 Å². The minimum Gasteiger partial charge on any atom is -0.253 e. The maximum absolute atomic E-state index is 6.26. The Bertz CT molecular complexity index is 639. The van der Waals surface area contributed by atoms with Gasteiger partial charge in [0.1, 0.15) is 10.8 Å². The molecule has 2 aromatic rings. The van der Waals surface area contributed by atoms with Gasteiger partial charge in [-0.1, -0.05) is 24.4 Å². The van der Waals surface area contributed by atoms with Crippen LogP contribution in [-0.4, -0.2) is 15.0 Å². The largest absolute Gasteiger partial charge is 0.253 e. The molecular formula is C15H15BrClN3. The zero-order valence-electron chi connectivity index (χ0n) is 11.2. The molecule has 1 fully saturated rings. The van der Waals surface area contributed by atoms with Crippen LogP contribution in [0.3, 0.4) is 0 Å². The maximum Gasteiger partial charge on any atom is 0.179 e. The predicted molar refractivity (Wildman–Crippen MR) is 83.9 cm³/mol. The second kappa shape index (κ2) is 5.78. The summed E-state index contributed by atoms with van der Waals surface area (Å²) in [6.07, 6.45) is 6.64. The molecule has 2 aromatic heterocycles. The van der Waals surface area contributed by atoms with Crippen LogP contribution in [0.2, 0.25) is 5.15 Å². The van der Waals surface area contributed by atoms with Gasteiger partial charge in [-0.05, 0) is 53.4 Å². The van der Waals surface area contributed by atoms with E-state index in [-0.39, 0.29) is 0 Å². The Hall–Kier alpha value is -1.00. The molecule has 104 valence electrons. The third-order valence-corrected chi connectivity index (χ3v) is 5.01. The molecule has 5 heteroatoms. The van der Waals surface area contributed by atoms with Crippen LogP contribution < -0.4 is 0 Å². The van der Waals surface area contributed by atoms with Gasteiger partial charge in [-0.3, -0.25) is 4.98 Å². The van der Waals surface area contributed by atoms with Gasteiger partial charge in [0.25, 0.3) is 0 Å². The molecule has 0 saturated heterocycles. The first-order valence-corrected chi connectivity index (χ1v) is 7.98. The van der Waals surface area contributed by atoms with Crippen molar-refractivity contribution in [2.45, 2.75) is 38.5 Å². The lowest BCUT2D eigenvalue weighted by Crippen LogP contribution is -2.03. The molecule has 1 aliphatic rings. The average molecular weight is 353 g/mol. The molecule has 3 rings (SSSR count). The molecule has 1 saturated carbocycles. The molecule has 0 amide bonds. The van der Waals surface area contributed by atoms with E-state index in [1.165, 1.54) is 25.7 Å². The zero-order valence-corrected chi connectivity index (χ0v) is 13.6. The predicted octanol–water partition coefficient (Wildman–Crippen LogP) is 4.92. The van der Waals surface area contributed by atoms with Gasteiger partial charge in [-0.25, -0.2) is 9.97 Å². The highest BCUT2D eigenvalue weighted by Crippen LogP contribution is 2.39. The molecule has 3 nitrogen and oxygen atoms in total. The fourth-order valence-corrected chi connectivity index (χ4v) is 3.36. The number of aryl methyl sites for hydroxylation is 1. The lowest BCUT2D eigenvalue weighted by Gasteiger charge is -2.13. The molecule has 0 atom stereocenters. The smallest absolute Gasteiger partial charge is 0.179 e. The first kappa shape index (κ1) is 14.0. The molecule has 0 spiro atoms. The Labute approximate surface area is 132 Å². The Morgan fingerprint density at radius 1 is 1.25 bits per heavy atom. The number of halogens is 2. The number of hydrogen-bond donors (Lipinski definition) is 0. The highest BCUT2D eigenvalue weighted by Gasteiger charge is 2.24. The summed E-state index contributed by atoms with van der Waals surface area (Å²) >= 11 is 9.80. The molecule has 0 aliphatic heterocycles. The standard InChI is InChI=1S/C15H15BrClN3/c1-9-6-7-18-11(8-9)15-19-13(10-4-2-3-5-10)12(16)14(17)20-15/h6-8,10H,2-5H2,1H3. The van der Waals surface area contributed by atoms with E-state index in [4.69, 9.17) is 16.6 Å². The second-order valence-electron chi connectivity index (χ2n) is 5.24. The molecule has 0 unspecified atom stereocenters. The normalized spacial score (nSPS) is 15.8. The summed E-state index contributed by atoms with van der Waals surface area (Å²) in [6.45, 7) is 2.03. The fourth-order valence-electron chi connectivity index (χ4n) is 2.68. The van der Waals surface area contributed by atoms with Crippen LogP contribution in [0, 0.1) is 6.92 Å². The number of nitrogens with zero attached hydrogens (tertiary/aromatic N) is 3. The van der Waals surface area contributed by atoms with E-state index in [1.54, 1.807) is 6.20 Å². The first-order valence-electron chi connectivity index (χ1n) is 6.81. The third-order valence-electron chi connectivity index (χ3n) is 3.72. The van der Waals surface area contributed by atoms with Crippen molar-refractivity contribution in [3.8, 4) is 11.5 Å². The summed E-state index contributed by atoms with van der Waals surface area (Å²) in [5, 5.41) is 0.472. The van der Waals surface area contributed by atoms with E-state index in [9.17, 15) is 0 Å². The van der Waals surface area contributed by atoms with Gasteiger partial charge in [0.15, 0.2) is 5.82 Å². The zero-order chi connectivity index (χ0) is 14.1. The van der Waals surface area contributed by atoms with Crippen LogP contribution >= 0.6 is 27.5 Å². The van der Waals surface area contributed by atoms with Crippen LogP contribution in [0.5, 0.6) is 0 Å². The van der Waals surface area contributed by atoms with Crippen molar-refractivity contribution >= 4 is 27.5 Å². The fraction of sp³-hybridized carbons (Fsp3) is 0.400. The maximum atomic E-state index is 6.26. The summed E-state index contributed by atoms with van der Waals surface area (Å²) in [5.74, 6) is 1.09. The highest BCUT2D eigenvalue weighted by atomic mass is 79.9. The molecule has 20 heavy (non-hydrogen) atoms. The topological polar surface area (TPSA) is 38.7 Å². The minimum absolute atomic E-state index is 0.472. The number of aromatic nitrogens is 3. The Kier molecular flexibility index (Phi) is 4.03. The molecule has 2 heterocycles. The van der Waals surface area contributed by atoms with Gasteiger partial charge in [-0.15, -0.1) is 0 Å². The van der Waals surface area contributed by atoms with Crippen molar-refractivity contribution in [3.05, 3.63) is 39.2 Å². The van der Waals surface area contributed by atoms with Gasteiger partial charge in [-0.2, -0.15) is 0 Å². The minimum atomic E-state index is 0.472. The third kappa shape index (κ3) is 2.72. The van der Waals surface area contributed by atoms with Gasteiger partial charge in [0, 0.05) is 12.1 Å². The van der Waals surface area contributed by atoms with Crippen molar-refractivity contribution < 1.29 is 0 Å². The van der Waals surface area contributed by atoms with Crippen LogP contribution in [0.4, 0.5) is 0 Å². The Morgan fingerprint density at radius 3 is 2.70 bits per heavy atom. The van der Waals surface area contributed by atoms with Gasteiger partial charge < -0.3 is 0 Å². The first-order chi connectivity index (χ1) is 9.65. The highest BCUT2D eigenvalue weighted by molar-refractivity contribution is 9.10. The Morgan fingerprint density at radius 2 is 2.00 bits per heavy atom. The van der Waals surface area contributed by atoms with E-state index < -0.39 is 0 Å². The van der Waals surface area contributed by atoms with E-state index >= 15 is 0 Å². The summed E-state index contributed by atoms with van der Waals surface area (Å²) in [4.78, 5) is 13.4. The summed E-state index contributed by atoms with van der Waals surface area (Å²) < 4.78 is 0.836. The van der Waals surface area contributed by atoms with Gasteiger partial charge in [0.05, 0.1) is 10.2 Å². The van der Waals surface area contributed by atoms with Crippen LogP contribution in [0.1, 0.15) is 42.9 Å². The Balaban J connectivity index is 2.08. The second-order valence-corrected chi connectivity index (χ2v) is 6.39. The molecule has 0 bridgehead atoms. The molecule has 0 aromatic carbocycles. The van der Waals surface area contributed by atoms with E-state index in [2.05, 4.69) is 25.9 Å². The van der Waals surface area contributed by atoms with E-state index in [1.807, 2.05) is 19.1 Å².